The fraction of sp³-hybridized carbons (Fsp3) is 0. The van der Waals surface area contributed by atoms with Gasteiger partial charge in [0.1, 0.15) is 28.9 Å². The summed E-state index contributed by atoms with van der Waals surface area (Å²) < 4.78 is 19.2. The van der Waals surface area contributed by atoms with Gasteiger partial charge >= 0.3 is 0 Å². The molecule has 0 saturated heterocycles. The normalized spacial score (nSPS) is 10.2. The Hall–Kier alpha value is -2.93. The number of rotatable bonds is 2. The Balaban J connectivity index is 2.11. The second kappa shape index (κ2) is 4.98. The van der Waals surface area contributed by atoms with Crippen molar-refractivity contribution in [3.05, 3.63) is 66.1 Å². The lowest BCUT2D eigenvalue weighted by Crippen LogP contribution is -1.92. The molecule has 0 unspecified atom stereocenters. The molecule has 20 heavy (non-hydrogen) atoms. The summed E-state index contributed by atoms with van der Waals surface area (Å²) in [6.07, 6.45) is 1.69. The third-order valence-corrected chi connectivity index (χ3v) is 2.91. The number of pyridine rings is 1. The molecular formula is C16H9FN2O. The van der Waals surface area contributed by atoms with Gasteiger partial charge in [-0.3, -0.25) is 4.98 Å². The van der Waals surface area contributed by atoms with E-state index in [9.17, 15) is 4.39 Å². The van der Waals surface area contributed by atoms with Crippen molar-refractivity contribution in [3.63, 3.8) is 0 Å². The third kappa shape index (κ3) is 2.06. The molecule has 3 nitrogen and oxygen atoms in total. The van der Waals surface area contributed by atoms with E-state index < -0.39 is 5.82 Å². The van der Waals surface area contributed by atoms with E-state index in [-0.39, 0.29) is 11.3 Å². The quantitative estimate of drug-likeness (QED) is 0.701. The summed E-state index contributed by atoms with van der Waals surface area (Å²) >= 11 is 0. The molecule has 0 N–H and O–H groups in total. The van der Waals surface area contributed by atoms with Crippen LogP contribution in [0, 0.1) is 17.1 Å². The van der Waals surface area contributed by atoms with Crippen molar-refractivity contribution in [2.45, 2.75) is 0 Å². The first-order valence-electron chi connectivity index (χ1n) is 6.00. The van der Waals surface area contributed by atoms with Crippen LogP contribution < -0.4 is 4.74 Å². The molecule has 0 aliphatic rings. The number of aromatic nitrogens is 1. The van der Waals surface area contributed by atoms with E-state index in [1.807, 2.05) is 18.2 Å². The summed E-state index contributed by atoms with van der Waals surface area (Å²) in [5.41, 5.74) is 0.674. The fourth-order valence-electron chi connectivity index (χ4n) is 1.98. The number of hydrogen-bond acceptors (Lipinski definition) is 3. The Morgan fingerprint density at radius 1 is 1.00 bits per heavy atom. The zero-order valence-electron chi connectivity index (χ0n) is 10.4. The lowest BCUT2D eigenvalue weighted by molar-refractivity contribution is 0.479. The highest BCUT2D eigenvalue weighted by Crippen LogP contribution is 2.31. The van der Waals surface area contributed by atoms with Crippen LogP contribution in [0.4, 0.5) is 4.39 Å². The van der Waals surface area contributed by atoms with Crippen LogP contribution in [-0.2, 0) is 0 Å². The first kappa shape index (κ1) is 12.1. The zero-order chi connectivity index (χ0) is 13.9. The van der Waals surface area contributed by atoms with E-state index in [1.54, 1.807) is 30.5 Å². The van der Waals surface area contributed by atoms with Crippen molar-refractivity contribution in [2.75, 3.05) is 0 Å². The molecule has 0 saturated carbocycles. The first-order valence-corrected chi connectivity index (χ1v) is 6.00. The van der Waals surface area contributed by atoms with Gasteiger partial charge in [0.05, 0.1) is 5.52 Å². The summed E-state index contributed by atoms with van der Waals surface area (Å²) in [6.45, 7) is 0. The summed E-state index contributed by atoms with van der Waals surface area (Å²) in [4.78, 5) is 4.22. The molecule has 4 heteroatoms. The first-order chi connectivity index (χ1) is 9.79. The maximum absolute atomic E-state index is 13.6. The number of nitrogens with zero attached hydrogens (tertiary/aromatic N) is 2. The maximum Gasteiger partial charge on any atom is 0.148 e. The summed E-state index contributed by atoms with van der Waals surface area (Å²) in [5, 5.41) is 9.82. The lowest BCUT2D eigenvalue weighted by Gasteiger charge is -2.10. The smallest absolute Gasteiger partial charge is 0.148 e. The van der Waals surface area contributed by atoms with Gasteiger partial charge in [-0.15, -0.1) is 0 Å². The van der Waals surface area contributed by atoms with Crippen LogP contribution >= 0.6 is 0 Å². The SMILES string of the molecule is N#Cc1c(F)cccc1Oc1cccc2ncccc12. The topological polar surface area (TPSA) is 45.9 Å². The Bertz CT molecular complexity index is 819. The molecular weight excluding hydrogens is 255 g/mol. The van der Waals surface area contributed by atoms with Crippen LogP contribution in [0.15, 0.2) is 54.7 Å². The van der Waals surface area contributed by atoms with Crippen LogP contribution in [0.3, 0.4) is 0 Å². The predicted octanol–water partition coefficient (Wildman–Crippen LogP) is 4.04. The average molecular weight is 264 g/mol. The van der Waals surface area contributed by atoms with Crippen molar-refractivity contribution < 1.29 is 9.13 Å². The van der Waals surface area contributed by atoms with Gasteiger partial charge in [0, 0.05) is 11.6 Å². The lowest BCUT2D eigenvalue weighted by atomic mass is 10.2. The molecule has 1 heterocycles. The van der Waals surface area contributed by atoms with E-state index in [1.165, 1.54) is 12.1 Å². The zero-order valence-corrected chi connectivity index (χ0v) is 10.4. The average Bonchev–Trinajstić information content (AvgIpc) is 2.48. The second-order valence-corrected chi connectivity index (χ2v) is 4.15. The second-order valence-electron chi connectivity index (χ2n) is 4.15. The number of benzene rings is 2. The van der Waals surface area contributed by atoms with Crippen molar-refractivity contribution in [2.24, 2.45) is 0 Å². The number of halogens is 1. The molecule has 0 fully saturated rings. The summed E-state index contributed by atoms with van der Waals surface area (Å²) in [6, 6.07) is 15.2. The Labute approximate surface area is 114 Å². The highest BCUT2D eigenvalue weighted by molar-refractivity contribution is 5.85. The van der Waals surface area contributed by atoms with E-state index in [4.69, 9.17) is 10.00 Å². The number of nitriles is 1. The van der Waals surface area contributed by atoms with Gasteiger partial charge < -0.3 is 4.74 Å². The molecule has 3 aromatic rings. The molecule has 0 bridgehead atoms. The standard InChI is InChI=1S/C16H9FN2O/c17-13-5-1-7-16(12(13)10-18)20-15-8-2-6-14-11(15)4-3-9-19-14/h1-9H. The van der Waals surface area contributed by atoms with Gasteiger partial charge in [-0.1, -0.05) is 12.1 Å². The van der Waals surface area contributed by atoms with Crippen molar-refractivity contribution in [1.29, 1.82) is 5.26 Å². The van der Waals surface area contributed by atoms with Crippen molar-refractivity contribution in [3.8, 4) is 17.6 Å². The molecule has 0 spiro atoms. The highest BCUT2D eigenvalue weighted by Gasteiger charge is 2.11. The van der Waals surface area contributed by atoms with Crippen LogP contribution in [0.2, 0.25) is 0 Å². The number of fused-ring (bicyclic) bond motifs is 1. The van der Waals surface area contributed by atoms with E-state index in [0.29, 0.717) is 5.75 Å². The molecule has 0 atom stereocenters. The third-order valence-electron chi connectivity index (χ3n) is 2.91. The van der Waals surface area contributed by atoms with Crippen LogP contribution in [0.25, 0.3) is 10.9 Å². The number of hydrogen-bond donors (Lipinski definition) is 0. The van der Waals surface area contributed by atoms with Crippen molar-refractivity contribution in [1.82, 2.24) is 4.98 Å². The maximum atomic E-state index is 13.6. The van der Waals surface area contributed by atoms with Crippen LogP contribution in [0.5, 0.6) is 11.5 Å². The Morgan fingerprint density at radius 2 is 1.80 bits per heavy atom. The molecule has 0 aliphatic heterocycles. The molecule has 3 rings (SSSR count). The number of ether oxygens (including phenoxy) is 1. The highest BCUT2D eigenvalue weighted by atomic mass is 19.1. The van der Waals surface area contributed by atoms with Crippen LogP contribution in [-0.4, -0.2) is 4.98 Å². The van der Waals surface area contributed by atoms with Gasteiger partial charge in [0.15, 0.2) is 0 Å². The van der Waals surface area contributed by atoms with Gasteiger partial charge in [-0.25, -0.2) is 4.39 Å². The molecule has 1 aromatic heterocycles. The van der Waals surface area contributed by atoms with E-state index in [0.717, 1.165) is 10.9 Å². The monoisotopic (exact) mass is 264 g/mol. The van der Waals surface area contributed by atoms with E-state index >= 15 is 0 Å². The van der Waals surface area contributed by atoms with Crippen molar-refractivity contribution >= 4 is 10.9 Å². The largest absolute Gasteiger partial charge is 0.455 e. The minimum absolute atomic E-state index is 0.103. The molecule has 2 aromatic carbocycles. The van der Waals surface area contributed by atoms with Gasteiger partial charge in [0.2, 0.25) is 0 Å². The molecule has 0 aliphatic carbocycles. The van der Waals surface area contributed by atoms with Crippen LogP contribution in [0.1, 0.15) is 5.56 Å². The Kier molecular flexibility index (Phi) is 3.02. The molecule has 0 amide bonds. The minimum Gasteiger partial charge on any atom is -0.455 e. The summed E-state index contributed by atoms with van der Waals surface area (Å²) in [7, 11) is 0. The minimum atomic E-state index is -0.594. The van der Waals surface area contributed by atoms with E-state index in [2.05, 4.69) is 4.98 Å². The van der Waals surface area contributed by atoms with Gasteiger partial charge in [-0.2, -0.15) is 5.26 Å². The predicted molar refractivity (Wildman–Crippen MR) is 72.9 cm³/mol. The van der Waals surface area contributed by atoms with Gasteiger partial charge in [0.25, 0.3) is 0 Å². The molecule has 0 radical (unpaired) electrons. The molecule has 96 valence electrons. The fourth-order valence-corrected chi connectivity index (χ4v) is 1.98. The van der Waals surface area contributed by atoms with Gasteiger partial charge in [-0.05, 0) is 36.4 Å². The Morgan fingerprint density at radius 3 is 2.65 bits per heavy atom. The summed E-state index contributed by atoms with van der Waals surface area (Å²) in [5.74, 6) is 0.143.